The lowest BCUT2D eigenvalue weighted by molar-refractivity contribution is 0.416. The number of hydrogen-bond donors (Lipinski definition) is 0. The van der Waals surface area contributed by atoms with E-state index in [-0.39, 0.29) is 0 Å². The van der Waals surface area contributed by atoms with Crippen LogP contribution in [0.25, 0.3) is 11.0 Å². The molecule has 0 unspecified atom stereocenters. The predicted molar refractivity (Wildman–Crippen MR) is 88.9 cm³/mol. The molecule has 0 amide bonds. The summed E-state index contributed by atoms with van der Waals surface area (Å²) in [4.78, 5) is 4.78. The van der Waals surface area contributed by atoms with Crippen molar-refractivity contribution in [2.24, 2.45) is 5.92 Å². The molecule has 0 bridgehead atoms. The highest BCUT2D eigenvalue weighted by Crippen LogP contribution is 2.27. The molecule has 1 aromatic carbocycles. The molecule has 0 saturated carbocycles. The number of nitrogens with zero attached hydrogens (tertiary/aromatic N) is 2. The highest BCUT2D eigenvalue weighted by atomic mass is 35.5. The van der Waals surface area contributed by atoms with Gasteiger partial charge < -0.3 is 4.57 Å². The number of halogens is 1. The van der Waals surface area contributed by atoms with Gasteiger partial charge in [-0.3, -0.25) is 0 Å². The van der Waals surface area contributed by atoms with E-state index in [9.17, 15) is 0 Å². The third-order valence-corrected chi connectivity index (χ3v) is 5.32. The lowest BCUT2D eigenvalue weighted by Crippen LogP contribution is -2.18. The molecule has 2 nitrogen and oxygen atoms in total. The molecule has 1 aliphatic heterocycles. The largest absolute Gasteiger partial charge is 0.328 e. The Morgan fingerprint density at radius 1 is 1.35 bits per heavy atom. The van der Waals surface area contributed by atoms with Crippen LogP contribution in [0, 0.1) is 12.8 Å². The van der Waals surface area contributed by atoms with Gasteiger partial charge in [0.1, 0.15) is 5.82 Å². The van der Waals surface area contributed by atoms with Crippen molar-refractivity contribution in [3.63, 3.8) is 0 Å². The molecule has 4 heteroatoms. The summed E-state index contributed by atoms with van der Waals surface area (Å²) >= 11 is 8.04. The number of aromatic nitrogens is 2. The Labute approximate surface area is 129 Å². The highest BCUT2D eigenvalue weighted by Gasteiger charge is 2.18. The van der Waals surface area contributed by atoms with E-state index in [1.807, 2.05) is 0 Å². The van der Waals surface area contributed by atoms with Crippen LogP contribution in [-0.2, 0) is 13.0 Å². The minimum atomic E-state index is 0.642. The third-order valence-electron chi connectivity index (χ3n) is 4.08. The van der Waals surface area contributed by atoms with E-state index in [0.717, 1.165) is 30.2 Å². The SMILES string of the molecule is Cc1ccc2nc(CCCl)n(CC3CCSCC3)c2c1. The van der Waals surface area contributed by atoms with Crippen molar-refractivity contribution in [1.29, 1.82) is 0 Å². The molecule has 1 fully saturated rings. The Morgan fingerprint density at radius 3 is 2.90 bits per heavy atom. The molecule has 0 radical (unpaired) electrons. The Hall–Kier alpha value is -0.670. The summed E-state index contributed by atoms with van der Waals surface area (Å²) in [6.07, 6.45) is 3.52. The maximum absolute atomic E-state index is 5.95. The van der Waals surface area contributed by atoms with Gasteiger partial charge in [-0.05, 0) is 54.9 Å². The monoisotopic (exact) mass is 308 g/mol. The fourth-order valence-corrected chi connectivity index (χ4v) is 4.32. The number of benzene rings is 1. The number of alkyl halides is 1. The summed E-state index contributed by atoms with van der Waals surface area (Å²) in [7, 11) is 0. The fourth-order valence-electron chi connectivity index (χ4n) is 2.95. The van der Waals surface area contributed by atoms with Crippen LogP contribution in [0.4, 0.5) is 0 Å². The first-order valence-electron chi connectivity index (χ1n) is 7.37. The topological polar surface area (TPSA) is 17.8 Å². The van der Waals surface area contributed by atoms with E-state index < -0.39 is 0 Å². The quantitative estimate of drug-likeness (QED) is 0.785. The van der Waals surface area contributed by atoms with Gasteiger partial charge in [-0.1, -0.05) is 6.07 Å². The van der Waals surface area contributed by atoms with Gasteiger partial charge in [-0.25, -0.2) is 4.98 Å². The fraction of sp³-hybridized carbons (Fsp3) is 0.562. The van der Waals surface area contributed by atoms with E-state index in [2.05, 4.69) is 41.5 Å². The van der Waals surface area contributed by atoms with Crippen LogP contribution in [0.15, 0.2) is 18.2 Å². The second kappa shape index (κ2) is 6.40. The number of hydrogen-bond acceptors (Lipinski definition) is 2. The van der Waals surface area contributed by atoms with E-state index >= 15 is 0 Å². The van der Waals surface area contributed by atoms with Gasteiger partial charge in [0.15, 0.2) is 0 Å². The summed E-state index contributed by atoms with van der Waals surface area (Å²) in [5.74, 6) is 5.20. The Bertz CT molecular complexity index is 587. The van der Waals surface area contributed by atoms with Crippen molar-refractivity contribution in [2.75, 3.05) is 17.4 Å². The van der Waals surface area contributed by atoms with Crippen molar-refractivity contribution < 1.29 is 0 Å². The van der Waals surface area contributed by atoms with E-state index in [1.54, 1.807) is 0 Å². The van der Waals surface area contributed by atoms with Gasteiger partial charge >= 0.3 is 0 Å². The van der Waals surface area contributed by atoms with Crippen LogP contribution in [-0.4, -0.2) is 26.9 Å². The molecular formula is C16H21ClN2S. The van der Waals surface area contributed by atoms with Crippen LogP contribution < -0.4 is 0 Å². The van der Waals surface area contributed by atoms with Gasteiger partial charge in [-0.2, -0.15) is 11.8 Å². The molecule has 20 heavy (non-hydrogen) atoms. The van der Waals surface area contributed by atoms with Crippen molar-refractivity contribution in [1.82, 2.24) is 9.55 Å². The number of thioether (sulfide) groups is 1. The maximum Gasteiger partial charge on any atom is 0.111 e. The molecule has 1 saturated heterocycles. The zero-order valence-electron chi connectivity index (χ0n) is 11.9. The molecule has 0 N–H and O–H groups in total. The first-order valence-corrected chi connectivity index (χ1v) is 9.06. The zero-order chi connectivity index (χ0) is 13.9. The Morgan fingerprint density at radius 2 is 2.15 bits per heavy atom. The minimum Gasteiger partial charge on any atom is -0.328 e. The molecule has 108 valence electrons. The summed E-state index contributed by atoms with van der Waals surface area (Å²) < 4.78 is 2.42. The lowest BCUT2D eigenvalue weighted by Gasteiger charge is -2.23. The van der Waals surface area contributed by atoms with Crippen LogP contribution in [0.5, 0.6) is 0 Å². The van der Waals surface area contributed by atoms with Crippen molar-refractivity contribution in [2.45, 2.75) is 32.7 Å². The minimum absolute atomic E-state index is 0.642. The number of aryl methyl sites for hydroxylation is 2. The maximum atomic E-state index is 5.95. The number of rotatable bonds is 4. The van der Waals surface area contributed by atoms with Gasteiger partial charge in [0.2, 0.25) is 0 Å². The standard InChI is InChI=1S/C16H21ClN2S/c1-12-2-3-14-15(10-12)19(16(18-14)4-7-17)11-13-5-8-20-9-6-13/h2-3,10,13H,4-9,11H2,1H3. The van der Waals surface area contributed by atoms with Crippen LogP contribution in [0.2, 0.25) is 0 Å². The lowest BCUT2D eigenvalue weighted by atomic mass is 10.0. The molecule has 2 heterocycles. The summed E-state index contributed by atoms with van der Waals surface area (Å²) in [5.41, 5.74) is 3.69. The van der Waals surface area contributed by atoms with E-state index in [0.29, 0.717) is 5.88 Å². The van der Waals surface area contributed by atoms with Crippen molar-refractivity contribution >= 4 is 34.4 Å². The summed E-state index contributed by atoms with van der Waals surface area (Å²) in [6.45, 7) is 3.25. The Balaban J connectivity index is 1.96. The predicted octanol–water partition coefficient (Wildman–Crippen LogP) is 4.27. The molecular weight excluding hydrogens is 288 g/mol. The highest BCUT2D eigenvalue weighted by molar-refractivity contribution is 7.99. The van der Waals surface area contributed by atoms with Crippen LogP contribution in [0.3, 0.4) is 0 Å². The normalized spacial score (nSPS) is 16.9. The zero-order valence-corrected chi connectivity index (χ0v) is 13.5. The summed E-state index contributed by atoms with van der Waals surface area (Å²) in [5, 5.41) is 0. The van der Waals surface area contributed by atoms with Gasteiger partial charge in [0, 0.05) is 18.8 Å². The van der Waals surface area contributed by atoms with Gasteiger partial charge in [-0.15, -0.1) is 11.6 Å². The van der Waals surface area contributed by atoms with Crippen LogP contribution >= 0.6 is 23.4 Å². The third kappa shape index (κ3) is 2.99. The molecule has 0 aliphatic carbocycles. The number of fused-ring (bicyclic) bond motifs is 1. The second-order valence-corrected chi connectivity index (χ2v) is 7.23. The van der Waals surface area contributed by atoms with Gasteiger partial charge in [0.25, 0.3) is 0 Å². The van der Waals surface area contributed by atoms with Crippen LogP contribution in [0.1, 0.15) is 24.2 Å². The second-order valence-electron chi connectivity index (χ2n) is 5.63. The average Bonchev–Trinajstić information content (AvgIpc) is 2.78. The molecule has 2 aromatic rings. The van der Waals surface area contributed by atoms with E-state index in [1.165, 1.54) is 35.4 Å². The van der Waals surface area contributed by atoms with Gasteiger partial charge in [0.05, 0.1) is 11.0 Å². The van der Waals surface area contributed by atoms with E-state index in [4.69, 9.17) is 16.6 Å². The molecule has 1 aromatic heterocycles. The molecule has 0 atom stereocenters. The average molecular weight is 309 g/mol. The van der Waals surface area contributed by atoms with Crippen molar-refractivity contribution in [3.8, 4) is 0 Å². The molecule has 0 spiro atoms. The number of imidazole rings is 1. The first kappa shape index (κ1) is 14.3. The van der Waals surface area contributed by atoms with Crippen molar-refractivity contribution in [3.05, 3.63) is 29.6 Å². The molecule has 1 aliphatic rings. The Kier molecular flexibility index (Phi) is 4.57. The summed E-state index contributed by atoms with van der Waals surface area (Å²) in [6, 6.07) is 6.54. The molecule has 3 rings (SSSR count). The first-order chi connectivity index (χ1) is 9.78. The smallest absolute Gasteiger partial charge is 0.111 e.